The lowest BCUT2D eigenvalue weighted by atomic mass is 10.2. The summed E-state index contributed by atoms with van der Waals surface area (Å²) in [5, 5.41) is 4.08. The Balaban J connectivity index is 2.20. The van der Waals surface area contributed by atoms with Gasteiger partial charge in [-0.3, -0.25) is 4.99 Å². The molecule has 0 bridgehead atoms. The molecule has 0 heterocycles. The summed E-state index contributed by atoms with van der Waals surface area (Å²) in [6.07, 6.45) is 3.36. The van der Waals surface area contributed by atoms with Gasteiger partial charge in [0.05, 0.1) is 6.54 Å². The van der Waals surface area contributed by atoms with Crippen molar-refractivity contribution < 1.29 is 9.47 Å². The predicted molar refractivity (Wildman–Crippen MR) is 96.7 cm³/mol. The highest BCUT2D eigenvalue weighted by atomic mass is 35.5. The number of halogens is 1. The molecule has 5 nitrogen and oxygen atoms in total. The van der Waals surface area contributed by atoms with E-state index in [1.807, 2.05) is 31.3 Å². The van der Waals surface area contributed by atoms with E-state index < -0.39 is 0 Å². The van der Waals surface area contributed by atoms with E-state index in [2.05, 4.69) is 15.2 Å². The average Bonchev–Trinajstić information content (AvgIpc) is 2.56. The minimum Gasteiger partial charge on any atom is -0.492 e. The van der Waals surface area contributed by atoms with E-state index in [1.165, 1.54) is 0 Å². The Morgan fingerprint density at radius 1 is 1.17 bits per heavy atom. The molecule has 0 aliphatic rings. The van der Waals surface area contributed by atoms with Gasteiger partial charge in [-0.2, -0.15) is 0 Å². The molecule has 1 aromatic carbocycles. The normalized spacial score (nSPS) is 11.4. The zero-order valence-corrected chi connectivity index (χ0v) is 15.1. The second kappa shape index (κ2) is 12.0. The summed E-state index contributed by atoms with van der Waals surface area (Å²) in [6.45, 7) is 3.09. The molecule has 1 N–H and O–H groups in total. The fourth-order valence-electron chi connectivity index (χ4n) is 2.07. The van der Waals surface area contributed by atoms with Crippen LogP contribution in [-0.2, 0) is 4.74 Å². The lowest BCUT2D eigenvalue weighted by Gasteiger charge is -2.22. The summed E-state index contributed by atoms with van der Waals surface area (Å²) in [5.74, 6) is 1.71. The van der Waals surface area contributed by atoms with Crippen molar-refractivity contribution in [3.8, 4) is 5.75 Å². The molecule has 0 amide bonds. The fraction of sp³-hybridized carbons (Fsp3) is 0.588. The molecule has 130 valence electrons. The topological polar surface area (TPSA) is 46.1 Å². The molecule has 1 aromatic rings. The highest BCUT2D eigenvalue weighted by Gasteiger charge is 2.05. The van der Waals surface area contributed by atoms with E-state index in [1.54, 1.807) is 14.2 Å². The second-order valence-corrected chi connectivity index (χ2v) is 5.69. The van der Waals surface area contributed by atoms with E-state index >= 15 is 0 Å². The minimum atomic E-state index is 0.590. The van der Waals surface area contributed by atoms with Crippen molar-refractivity contribution in [1.29, 1.82) is 0 Å². The van der Waals surface area contributed by atoms with Crippen LogP contribution in [0.1, 0.15) is 19.3 Å². The molecule has 0 aliphatic carbocycles. The summed E-state index contributed by atoms with van der Waals surface area (Å²) < 4.78 is 10.7. The van der Waals surface area contributed by atoms with Crippen molar-refractivity contribution >= 4 is 17.6 Å². The Morgan fingerprint density at radius 3 is 2.57 bits per heavy atom. The van der Waals surface area contributed by atoms with Gasteiger partial charge >= 0.3 is 0 Å². The first-order valence-corrected chi connectivity index (χ1v) is 8.34. The van der Waals surface area contributed by atoms with Gasteiger partial charge in [-0.15, -0.1) is 0 Å². The first-order valence-electron chi connectivity index (χ1n) is 7.96. The summed E-state index contributed by atoms with van der Waals surface area (Å²) in [4.78, 5) is 6.35. The fourth-order valence-corrected chi connectivity index (χ4v) is 2.20. The van der Waals surface area contributed by atoms with Crippen molar-refractivity contribution in [2.45, 2.75) is 19.3 Å². The molecule has 0 aliphatic heterocycles. The SMILES string of the molecule is CN=C(NCCCCCOC)N(C)CCOc1ccc(Cl)cc1. The lowest BCUT2D eigenvalue weighted by molar-refractivity contribution is 0.192. The predicted octanol–water partition coefficient (Wildman–Crippen LogP) is 3.04. The first kappa shape index (κ1) is 19.6. The van der Waals surface area contributed by atoms with E-state index in [0.717, 1.165) is 50.7 Å². The van der Waals surface area contributed by atoms with Crippen LogP contribution in [0.3, 0.4) is 0 Å². The van der Waals surface area contributed by atoms with Crippen LogP contribution >= 0.6 is 11.6 Å². The third kappa shape index (κ3) is 8.67. The standard InChI is InChI=1S/C17H28ClN3O2/c1-19-17(20-11-5-4-6-13-22-3)21(2)12-14-23-16-9-7-15(18)8-10-16/h7-10H,4-6,11-14H2,1-3H3,(H,19,20). The van der Waals surface area contributed by atoms with Gasteiger partial charge in [0.2, 0.25) is 0 Å². The lowest BCUT2D eigenvalue weighted by Crippen LogP contribution is -2.41. The number of benzene rings is 1. The van der Waals surface area contributed by atoms with Gasteiger partial charge < -0.3 is 19.7 Å². The molecule has 0 radical (unpaired) electrons. The van der Waals surface area contributed by atoms with Gasteiger partial charge in [0.15, 0.2) is 5.96 Å². The van der Waals surface area contributed by atoms with Crippen molar-refractivity contribution in [2.24, 2.45) is 4.99 Å². The van der Waals surface area contributed by atoms with Gasteiger partial charge in [-0.05, 0) is 43.5 Å². The molecule has 0 saturated heterocycles. The largest absolute Gasteiger partial charge is 0.492 e. The third-order valence-electron chi connectivity index (χ3n) is 3.39. The van der Waals surface area contributed by atoms with Crippen LogP contribution in [0.15, 0.2) is 29.3 Å². The Hall–Kier alpha value is -1.46. The molecule has 0 atom stereocenters. The van der Waals surface area contributed by atoms with Crippen LogP contribution in [0, 0.1) is 0 Å². The maximum absolute atomic E-state index is 5.85. The molecule has 0 fully saturated rings. The van der Waals surface area contributed by atoms with E-state index in [9.17, 15) is 0 Å². The number of hydrogen-bond acceptors (Lipinski definition) is 3. The quantitative estimate of drug-likeness (QED) is 0.403. The highest BCUT2D eigenvalue weighted by Crippen LogP contribution is 2.15. The monoisotopic (exact) mass is 341 g/mol. The van der Waals surface area contributed by atoms with Crippen LogP contribution in [0.2, 0.25) is 5.02 Å². The molecule has 23 heavy (non-hydrogen) atoms. The van der Waals surface area contributed by atoms with Crippen LogP contribution in [-0.4, -0.2) is 58.4 Å². The number of aliphatic imine (C=N–C) groups is 1. The Bertz CT molecular complexity index is 452. The molecule has 0 aromatic heterocycles. The minimum absolute atomic E-state index is 0.590. The van der Waals surface area contributed by atoms with Gasteiger partial charge in [0, 0.05) is 39.4 Å². The number of nitrogens with zero attached hydrogens (tertiary/aromatic N) is 2. The first-order chi connectivity index (χ1) is 11.2. The number of hydrogen-bond donors (Lipinski definition) is 1. The van der Waals surface area contributed by atoms with Crippen LogP contribution < -0.4 is 10.1 Å². The third-order valence-corrected chi connectivity index (χ3v) is 3.64. The Labute approximate surface area is 144 Å². The molecule has 0 unspecified atom stereocenters. The number of likely N-dealkylation sites (N-methyl/N-ethyl adjacent to an activating group) is 1. The van der Waals surface area contributed by atoms with E-state index in [0.29, 0.717) is 11.6 Å². The maximum atomic E-state index is 5.85. The number of unbranched alkanes of at least 4 members (excludes halogenated alkanes) is 2. The van der Waals surface area contributed by atoms with E-state index in [-0.39, 0.29) is 0 Å². The zero-order valence-electron chi connectivity index (χ0n) is 14.3. The summed E-state index contributed by atoms with van der Waals surface area (Å²) >= 11 is 5.85. The van der Waals surface area contributed by atoms with E-state index in [4.69, 9.17) is 21.1 Å². The van der Waals surface area contributed by atoms with Gasteiger partial charge in [-0.25, -0.2) is 0 Å². The molecule has 0 spiro atoms. The van der Waals surface area contributed by atoms with Gasteiger partial charge in [0.1, 0.15) is 12.4 Å². The molecule has 1 rings (SSSR count). The van der Waals surface area contributed by atoms with Crippen LogP contribution in [0.4, 0.5) is 0 Å². The zero-order chi connectivity index (χ0) is 16.9. The molecular weight excluding hydrogens is 314 g/mol. The summed E-state index contributed by atoms with van der Waals surface area (Å²) in [5.41, 5.74) is 0. The van der Waals surface area contributed by atoms with Crippen LogP contribution in [0.25, 0.3) is 0 Å². The van der Waals surface area contributed by atoms with Crippen LogP contribution in [0.5, 0.6) is 5.75 Å². The number of guanidine groups is 1. The molecule has 6 heteroatoms. The summed E-state index contributed by atoms with van der Waals surface area (Å²) in [6, 6.07) is 7.39. The van der Waals surface area contributed by atoms with Crippen molar-refractivity contribution in [3.63, 3.8) is 0 Å². The number of nitrogens with one attached hydrogen (secondary N) is 1. The van der Waals surface area contributed by atoms with Crippen molar-refractivity contribution in [1.82, 2.24) is 10.2 Å². The van der Waals surface area contributed by atoms with Crippen molar-refractivity contribution in [3.05, 3.63) is 29.3 Å². The van der Waals surface area contributed by atoms with Gasteiger partial charge in [0.25, 0.3) is 0 Å². The Morgan fingerprint density at radius 2 is 1.91 bits per heavy atom. The second-order valence-electron chi connectivity index (χ2n) is 5.25. The van der Waals surface area contributed by atoms with Gasteiger partial charge in [-0.1, -0.05) is 11.6 Å². The highest BCUT2D eigenvalue weighted by molar-refractivity contribution is 6.30. The average molecular weight is 342 g/mol. The van der Waals surface area contributed by atoms with Crippen molar-refractivity contribution in [2.75, 3.05) is 47.5 Å². The number of ether oxygens (including phenoxy) is 2. The number of methoxy groups -OCH3 is 1. The summed E-state index contributed by atoms with van der Waals surface area (Å²) in [7, 11) is 5.54. The maximum Gasteiger partial charge on any atom is 0.193 e. The number of rotatable bonds is 10. The Kier molecular flexibility index (Phi) is 10.2. The smallest absolute Gasteiger partial charge is 0.193 e. The molecule has 0 saturated carbocycles. The molecular formula is C17H28ClN3O2.